The van der Waals surface area contributed by atoms with E-state index < -0.39 is 29.8 Å². The van der Waals surface area contributed by atoms with Crippen molar-refractivity contribution in [1.29, 1.82) is 0 Å². The number of ether oxygens (including phenoxy) is 2. The molecule has 1 rings (SSSR count). The quantitative estimate of drug-likeness (QED) is 0.607. The molecule has 132 valence electrons. The van der Waals surface area contributed by atoms with Crippen molar-refractivity contribution in [1.82, 2.24) is 9.80 Å². The third-order valence-corrected chi connectivity index (χ3v) is 3.73. The number of aliphatic hydroxyl groups is 1. The maximum absolute atomic E-state index is 12.3. The Hall–Kier alpha value is -1.41. The fourth-order valence-corrected chi connectivity index (χ4v) is 2.68. The van der Waals surface area contributed by atoms with Gasteiger partial charge in [-0.25, -0.2) is 9.59 Å². The van der Waals surface area contributed by atoms with Gasteiger partial charge in [0.25, 0.3) is 0 Å². The minimum Gasteiger partial charge on any atom is -0.467 e. The van der Waals surface area contributed by atoms with Gasteiger partial charge in [0.1, 0.15) is 5.60 Å². The van der Waals surface area contributed by atoms with Gasteiger partial charge in [0.2, 0.25) is 0 Å². The maximum atomic E-state index is 12.3. The molecule has 1 amide bonds. The first-order valence-electron chi connectivity index (χ1n) is 7.58. The standard InChI is InChI=1S/C15H26N2O5S/c1-10(18)8-12(23)16-6-7-17(11(9-16)13(19)21-5)14(20)22-15(2,3)4/h10-11,18H,6-9H2,1-5H3/t10?,11-/m0/s1. The Balaban J connectivity index is 2.84. The Morgan fingerprint density at radius 1 is 1.35 bits per heavy atom. The molecular weight excluding hydrogens is 320 g/mol. The number of methoxy groups -OCH3 is 1. The molecule has 0 radical (unpaired) electrons. The molecule has 2 atom stereocenters. The highest BCUT2D eigenvalue weighted by molar-refractivity contribution is 7.80. The fourth-order valence-electron chi connectivity index (χ4n) is 2.27. The van der Waals surface area contributed by atoms with Crippen molar-refractivity contribution in [3.8, 4) is 0 Å². The summed E-state index contributed by atoms with van der Waals surface area (Å²) >= 11 is 5.30. The summed E-state index contributed by atoms with van der Waals surface area (Å²) in [4.78, 5) is 28.1. The van der Waals surface area contributed by atoms with Crippen molar-refractivity contribution in [3.05, 3.63) is 0 Å². The molecule has 1 fully saturated rings. The van der Waals surface area contributed by atoms with E-state index >= 15 is 0 Å². The average molecular weight is 346 g/mol. The van der Waals surface area contributed by atoms with Crippen LogP contribution in [0.15, 0.2) is 0 Å². The Labute approximate surface area is 142 Å². The van der Waals surface area contributed by atoms with Gasteiger partial charge < -0.3 is 19.5 Å². The van der Waals surface area contributed by atoms with E-state index in [9.17, 15) is 14.7 Å². The number of hydrogen-bond donors (Lipinski definition) is 1. The number of amides is 1. The molecule has 1 heterocycles. The molecule has 0 aromatic rings. The molecular formula is C15H26N2O5S. The van der Waals surface area contributed by atoms with Crippen molar-refractivity contribution < 1.29 is 24.2 Å². The normalized spacial score (nSPS) is 20.0. The second kappa shape index (κ2) is 7.92. The van der Waals surface area contributed by atoms with E-state index in [0.717, 1.165) is 0 Å². The van der Waals surface area contributed by atoms with E-state index in [4.69, 9.17) is 21.7 Å². The van der Waals surface area contributed by atoms with Crippen molar-refractivity contribution >= 4 is 29.3 Å². The molecule has 0 aromatic heterocycles. The van der Waals surface area contributed by atoms with Gasteiger partial charge in [-0.1, -0.05) is 12.2 Å². The van der Waals surface area contributed by atoms with Crippen LogP contribution >= 0.6 is 12.2 Å². The second-order valence-electron chi connectivity index (χ2n) is 6.61. The molecule has 0 saturated carbocycles. The predicted octanol–water partition coefficient (Wildman–Crippen LogP) is 1.18. The topological polar surface area (TPSA) is 79.3 Å². The van der Waals surface area contributed by atoms with Crippen LogP contribution in [-0.2, 0) is 14.3 Å². The lowest BCUT2D eigenvalue weighted by Gasteiger charge is -2.41. The van der Waals surface area contributed by atoms with Crippen molar-refractivity contribution in [2.45, 2.75) is 51.9 Å². The summed E-state index contributed by atoms with van der Waals surface area (Å²) in [6.07, 6.45) is -0.757. The minimum atomic E-state index is -0.782. The number of piperazine rings is 1. The molecule has 1 aliphatic rings. The summed E-state index contributed by atoms with van der Waals surface area (Å²) in [6.45, 7) is 7.98. The zero-order chi connectivity index (χ0) is 17.8. The van der Waals surface area contributed by atoms with Crippen LogP contribution in [0, 0.1) is 0 Å². The molecule has 0 aromatic carbocycles. The van der Waals surface area contributed by atoms with Crippen molar-refractivity contribution in [2.24, 2.45) is 0 Å². The van der Waals surface area contributed by atoms with Crippen LogP contribution in [0.25, 0.3) is 0 Å². The third-order valence-electron chi connectivity index (χ3n) is 3.30. The first-order chi connectivity index (χ1) is 10.5. The summed E-state index contributed by atoms with van der Waals surface area (Å²) in [5.74, 6) is -0.514. The summed E-state index contributed by atoms with van der Waals surface area (Å²) in [5.41, 5.74) is -0.642. The van der Waals surface area contributed by atoms with Gasteiger partial charge >= 0.3 is 12.1 Å². The van der Waals surface area contributed by atoms with Crippen LogP contribution in [-0.4, -0.2) is 76.4 Å². The second-order valence-corrected chi connectivity index (χ2v) is 7.08. The van der Waals surface area contributed by atoms with E-state index in [1.165, 1.54) is 12.0 Å². The lowest BCUT2D eigenvalue weighted by molar-refractivity contribution is -0.148. The minimum absolute atomic E-state index is 0.234. The van der Waals surface area contributed by atoms with Gasteiger partial charge in [0, 0.05) is 26.1 Å². The number of nitrogens with zero attached hydrogens (tertiary/aromatic N) is 2. The highest BCUT2D eigenvalue weighted by Gasteiger charge is 2.38. The zero-order valence-corrected chi connectivity index (χ0v) is 15.2. The smallest absolute Gasteiger partial charge is 0.411 e. The van der Waals surface area contributed by atoms with E-state index in [2.05, 4.69) is 0 Å². The number of esters is 1. The van der Waals surface area contributed by atoms with E-state index in [1.54, 1.807) is 27.7 Å². The SMILES string of the molecule is COC(=O)[C@@H]1CN(C(=S)CC(C)O)CCN1C(=O)OC(C)(C)C. The number of carbonyl (C=O) groups excluding carboxylic acids is 2. The van der Waals surface area contributed by atoms with Crippen LogP contribution < -0.4 is 0 Å². The number of carbonyl (C=O) groups is 2. The Morgan fingerprint density at radius 3 is 2.43 bits per heavy atom. The first kappa shape index (κ1) is 19.6. The third kappa shape index (κ3) is 5.95. The highest BCUT2D eigenvalue weighted by atomic mass is 32.1. The van der Waals surface area contributed by atoms with E-state index in [-0.39, 0.29) is 6.54 Å². The number of rotatable bonds is 3. The summed E-state index contributed by atoms with van der Waals surface area (Å²) in [5, 5.41) is 9.45. The molecule has 8 heteroatoms. The molecule has 23 heavy (non-hydrogen) atoms. The monoisotopic (exact) mass is 346 g/mol. The van der Waals surface area contributed by atoms with Gasteiger partial charge in [0.15, 0.2) is 6.04 Å². The first-order valence-corrected chi connectivity index (χ1v) is 7.99. The number of aliphatic hydroxyl groups excluding tert-OH is 1. The number of thiocarbonyl (C=S) groups is 1. The van der Waals surface area contributed by atoms with Gasteiger partial charge in [-0.2, -0.15) is 0 Å². The summed E-state index contributed by atoms with van der Waals surface area (Å²) < 4.78 is 10.2. The van der Waals surface area contributed by atoms with Gasteiger partial charge in [-0.15, -0.1) is 0 Å². The molecule has 1 aliphatic heterocycles. The lowest BCUT2D eigenvalue weighted by atomic mass is 10.1. The Morgan fingerprint density at radius 2 is 1.96 bits per heavy atom. The summed E-state index contributed by atoms with van der Waals surface area (Å²) in [6, 6.07) is -0.782. The average Bonchev–Trinajstić information content (AvgIpc) is 2.43. The van der Waals surface area contributed by atoms with Crippen molar-refractivity contribution in [3.63, 3.8) is 0 Å². The number of hydrogen-bond acceptors (Lipinski definition) is 6. The highest BCUT2D eigenvalue weighted by Crippen LogP contribution is 2.18. The van der Waals surface area contributed by atoms with Gasteiger partial charge in [-0.05, 0) is 27.7 Å². The summed E-state index contributed by atoms with van der Waals surface area (Å²) in [7, 11) is 1.28. The predicted molar refractivity (Wildman–Crippen MR) is 89.2 cm³/mol. The van der Waals surface area contributed by atoms with Crippen LogP contribution in [0.3, 0.4) is 0 Å². The zero-order valence-electron chi connectivity index (χ0n) is 14.4. The Kier molecular flexibility index (Phi) is 6.76. The molecule has 1 unspecified atom stereocenters. The molecule has 7 nitrogen and oxygen atoms in total. The van der Waals surface area contributed by atoms with Crippen molar-refractivity contribution in [2.75, 3.05) is 26.7 Å². The van der Waals surface area contributed by atoms with Crippen LogP contribution in [0.2, 0.25) is 0 Å². The van der Waals surface area contributed by atoms with E-state index in [0.29, 0.717) is 24.5 Å². The fraction of sp³-hybridized carbons (Fsp3) is 0.800. The lowest BCUT2D eigenvalue weighted by Crippen LogP contribution is -2.60. The Bertz CT molecular complexity index is 461. The largest absolute Gasteiger partial charge is 0.467 e. The van der Waals surface area contributed by atoms with E-state index in [1.807, 2.05) is 4.90 Å². The molecule has 0 aliphatic carbocycles. The molecule has 0 bridgehead atoms. The van der Waals surface area contributed by atoms with Crippen LogP contribution in [0.1, 0.15) is 34.1 Å². The van der Waals surface area contributed by atoms with Crippen LogP contribution in [0.5, 0.6) is 0 Å². The van der Waals surface area contributed by atoms with Gasteiger partial charge in [-0.3, -0.25) is 4.90 Å². The molecule has 0 spiro atoms. The van der Waals surface area contributed by atoms with Crippen LogP contribution in [0.4, 0.5) is 4.79 Å². The maximum Gasteiger partial charge on any atom is 0.411 e. The molecule has 1 N–H and O–H groups in total. The molecule has 1 saturated heterocycles. The van der Waals surface area contributed by atoms with Gasteiger partial charge in [0.05, 0.1) is 18.2 Å².